The molecular weight excluding hydrogens is 300 g/mol. The van der Waals surface area contributed by atoms with Gasteiger partial charge in [-0.25, -0.2) is 0 Å². The highest BCUT2D eigenvalue weighted by Crippen LogP contribution is 2.34. The summed E-state index contributed by atoms with van der Waals surface area (Å²) in [7, 11) is 0. The summed E-state index contributed by atoms with van der Waals surface area (Å²) in [5.74, 6) is 1.05. The molecule has 0 N–H and O–H groups in total. The van der Waals surface area contributed by atoms with Gasteiger partial charge in [0.25, 0.3) is 0 Å². The molecule has 1 heterocycles. The predicted octanol–water partition coefficient (Wildman–Crippen LogP) is 4.26. The van der Waals surface area contributed by atoms with Gasteiger partial charge in [-0.3, -0.25) is 4.98 Å². The van der Waals surface area contributed by atoms with Crippen LogP contribution in [0.2, 0.25) is 0 Å². The fourth-order valence-corrected chi connectivity index (χ4v) is 2.32. The predicted molar refractivity (Wildman–Crippen MR) is 82.9 cm³/mol. The van der Waals surface area contributed by atoms with Crippen molar-refractivity contribution in [1.82, 2.24) is 4.98 Å². The maximum Gasteiger partial charge on any atom is 0.387 e. The molecule has 0 aliphatic heterocycles. The molecule has 0 atom stereocenters. The molecular formula is C18H19F2NO2. The topological polar surface area (TPSA) is 31.4 Å². The molecule has 1 fully saturated rings. The Morgan fingerprint density at radius 1 is 1.09 bits per heavy atom. The van der Waals surface area contributed by atoms with E-state index in [9.17, 15) is 8.78 Å². The Balaban J connectivity index is 1.68. The first kappa shape index (κ1) is 15.7. The first-order valence-electron chi connectivity index (χ1n) is 7.81. The van der Waals surface area contributed by atoms with E-state index in [-0.39, 0.29) is 5.75 Å². The van der Waals surface area contributed by atoms with Crippen molar-refractivity contribution in [2.75, 3.05) is 6.61 Å². The number of aryl methyl sites for hydroxylation is 2. The van der Waals surface area contributed by atoms with E-state index >= 15 is 0 Å². The first-order valence-corrected chi connectivity index (χ1v) is 7.81. The first-order chi connectivity index (χ1) is 11.2. The molecule has 1 aliphatic rings. The third kappa shape index (κ3) is 4.91. The van der Waals surface area contributed by atoms with Crippen LogP contribution in [0.3, 0.4) is 0 Å². The van der Waals surface area contributed by atoms with Gasteiger partial charge in [0.05, 0.1) is 6.61 Å². The van der Waals surface area contributed by atoms with Gasteiger partial charge in [-0.2, -0.15) is 8.78 Å². The fraction of sp³-hybridized carbons (Fsp3) is 0.389. The number of benzene rings is 1. The average Bonchev–Trinajstić information content (AvgIpc) is 3.37. The number of rotatable bonds is 8. The number of aromatic nitrogens is 1. The SMILES string of the molecule is FC(F)Oc1ccc(CCc2ccccn2)cc1OCC1CC1. The number of alkyl halides is 2. The molecule has 3 rings (SSSR count). The summed E-state index contributed by atoms with van der Waals surface area (Å²) < 4.78 is 35.2. The summed E-state index contributed by atoms with van der Waals surface area (Å²) >= 11 is 0. The molecule has 0 saturated heterocycles. The molecule has 2 aromatic rings. The quantitative estimate of drug-likeness (QED) is 0.728. The molecule has 1 aromatic heterocycles. The van der Waals surface area contributed by atoms with E-state index in [1.54, 1.807) is 24.4 Å². The summed E-state index contributed by atoms with van der Waals surface area (Å²) in [6.07, 6.45) is 5.61. The minimum absolute atomic E-state index is 0.0993. The van der Waals surface area contributed by atoms with E-state index < -0.39 is 6.61 Å². The number of hydrogen-bond donors (Lipinski definition) is 0. The van der Waals surface area contributed by atoms with Gasteiger partial charge in [0.2, 0.25) is 0 Å². The normalized spacial score (nSPS) is 14.0. The third-order valence-electron chi connectivity index (χ3n) is 3.79. The van der Waals surface area contributed by atoms with Gasteiger partial charge in [0.15, 0.2) is 11.5 Å². The van der Waals surface area contributed by atoms with Gasteiger partial charge in [-0.15, -0.1) is 0 Å². The summed E-state index contributed by atoms with van der Waals surface area (Å²) in [6, 6.07) is 10.9. The van der Waals surface area contributed by atoms with Crippen LogP contribution in [-0.2, 0) is 12.8 Å². The Morgan fingerprint density at radius 2 is 1.96 bits per heavy atom. The Labute approximate surface area is 134 Å². The van der Waals surface area contributed by atoms with Crippen LogP contribution in [0.1, 0.15) is 24.1 Å². The van der Waals surface area contributed by atoms with Crippen LogP contribution in [0.15, 0.2) is 42.6 Å². The van der Waals surface area contributed by atoms with Gasteiger partial charge < -0.3 is 9.47 Å². The zero-order valence-electron chi connectivity index (χ0n) is 12.8. The molecule has 5 heteroatoms. The van der Waals surface area contributed by atoms with Crippen LogP contribution < -0.4 is 9.47 Å². The summed E-state index contributed by atoms with van der Waals surface area (Å²) in [6.45, 7) is -2.29. The molecule has 0 bridgehead atoms. The van der Waals surface area contributed by atoms with E-state index in [2.05, 4.69) is 9.72 Å². The molecule has 0 spiro atoms. The van der Waals surface area contributed by atoms with Crippen molar-refractivity contribution in [3.63, 3.8) is 0 Å². The Morgan fingerprint density at radius 3 is 2.65 bits per heavy atom. The van der Waals surface area contributed by atoms with Gasteiger partial charge in [-0.05, 0) is 61.4 Å². The summed E-state index contributed by atoms with van der Waals surface area (Å²) in [4.78, 5) is 4.29. The zero-order chi connectivity index (χ0) is 16.1. The number of nitrogens with zero attached hydrogens (tertiary/aromatic N) is 1. The second-order valence-corrected chi connectivity index (χ2v) is 5.74. The average molecular weight is 319 g/mol. The van der Waals surface area contributed by atoms with Crippen LogP contribution in [-0.4, -0.2) is 18.2 Å². The lowest BCUT2D eigenvalue weighted by Crippen LogP contribution is -2.07. The summed E-state index contributed by atoms with van der Waals surface area (Å²) in [5, 5.41) is 0. The molecule has 0 amide bonds. The minimum Gasteiger partial charge on any atom is -0.489 e. The molecule has 0 unspecified atom stereocenters. The van der Waals surface area contributed by atoms with Crippen LogP contribution >= 0.6 is 0 Å². The van der Waals surface area contributed by atoms with E-state index in [1.165, 1.54) is 0 Å². The van der Waals surface area contributed by atoms with E-state index in [0.29, 0.717) is 18.3 Å². The van der Waals surface area contributed by atoms with E-state index in [0.717, 1.165) is 36.9 Å². The monoisotopic (exact) mass is 319 g/mol. The van der Waals surface area contributed by atoms with Crippen molar-refractivity contribution < 1.29 is 18.3 Å². The van der Waals surface area contributed by atoms with E-state index in [1.807, 2.05) is 18.2 Å². The lowest BCUT2D eigenvalue weighted by molar-refractivity contribution is -0.0515. The van der Waals surface area contributed by atoms with Gasteiger partial charge in [-0.1, -0.05) is 12.1 Å². The van der Waals surface area contributed by atoms with Crippen LogP contribution in [0.5, 0.6) is 11.5 Å². The highest BCUT2D eigenvalue weighted by Gasteiger charge is 2.23. The maximum atomic E-state index is 12.5. The van der Waals surface area contributed by atoms with Crippen LogP contribution in [0.4, 0.5) is 8.78 Å². The third-order valence-corrected chi connectivity index (χ3v) is 3.79. The number of ether oxygens (including phenoxy) is 2. The molecule has 122 valence electrons. The maximum absolute atomic E-state index is 12.5. The van der Waals surface area contributed by atoms with Gasteiger partial charge in [0.1, 0.15) is 0 Å². The van der Waals surface area contributed by atoms with Crippen molar-refractivity contribution in [2.45, 2.75) is 32.3 Å². The minimum atomic E-state index is -2.85. The molecule has 1 aliphatic carbocycles. The van der Waals surface area contributed by atoms with Crippen molar-refractivity contribution in [3.05, 3.63) is 53.9 Å². The largest absolute Gasteiger partial charge is 0.489 e. The standard InChI is InChI=1S/C18H19F2NO2/c19-18(20)23-16-9-7-13(6-8-15-3-1-2-10-21-15)11-17(16)22-12-14-4-5-14/h1-3,7,9-11,14,18H,4-6,8,12H2. The fourth-order valence-electron chi connectivity index (χ4n) is 2.32. The Kier molecular flexibility index (Phi) is 5.05. The highest BCUT2D eigenvalue weighted by molar-refractivity contribution is 5.43. The second-order valence-electron chi connectivity index (χ2n) is 5.74. The van der Waals surface area contributed by atoms with Crippen LogP contribution in [0.25, 0.3) is 0 Å². The van der Waals surface area contributed by atoms with Gasteiger partial charge in [0, 0.05) is 11.9 Å². The number of pyridine rings is 1. The van der Waals surface area contributed by atoms with Crippen molar-refractivity contribution in [2.24, 2.45) is 5.92 Å². The molecule has 23 heavy (non-hydrogen) atoms. The van der Waals surface area contributed by atoms with Crippen LogP contribution in [0, 0.1) is 5.92 Å². The lowest BCUT2D eigenvalue weighted by atomic mass is 10.1. The second kappa shape index (κ2) is 7.40. The molecule has 1 aromatic carbocycles. The number of hydrogen-bond acceptors (Lipinski definition) is 3. The highest BCUT2D eigenvalue weighted by atomic mass is 19.3. The zero-order valence-corrected chi connectivity index (χ0v) is 12.8. The lowest BCUT2D eigenvalue weighted by Gasteiger charge is -2.13. The summed E-state index contributed by atoms with van der Waals surface area (Å²) in [5.41, 5.74) is 2.02. The van der Waals surface area contributed by atoms with Crippen molar-refractivity contribution in [3.8, 4) is 11.5 Å². The Bertz CT molecular complexity index is 630. The van der Waals surface area contributed by atoms with E-state index in [4.69, 9.17) is 4.74 Å². The molecule has 3 nitrogen and oxygen atoms in total. The van der Waals surface area contributed by atoms with Gasteiger partial charge >= 0.3 is 6.61 Å². The van der Waals surface area contributed by atoms with Crippen molar-refractivity contribution >= 4 is 0 Å². The molecule has 0 radical (unpaired) electrons. The number of halogens is 2. The Hall–Kier alpha value is -2.17. The smallest absolute Gasteiger partial charge is 0.387 e. The molecule has 1 saturated carbocycles. The van der Waals surface area contributed by atoms with Crippen molar-refractivity contribution in [1.29, 1.82) is 0 Å².